The summed E-state index contributed by atoms with van der Waals surface area (Å²) in [5.41, 5.74) is 12.8. The Morgan fingerprint density at radius 3 is 1.73 bits per heavy atom. The van der Waals surface area contributed by atoms with E-state index in [-0.39, 0.29) is 18.9 Å². The van der Waals surface area contributed by atoms with Crippen LogP contribution in [-0.2, 0) is 46.5 Å². The highest BCUT2D eigenvalue weighted by molar-refractivity contribution is 5.96. The molecule has 4 atom stereocenters. The summed E-state index contributed by atoms with van der Waals surface area (Å²) in [5.74, 6) is -5.13. The molecule has 45 heavy (non-hydrogen) atoms. The third-order valence-corrected chi connectivity index (χ3v) is 6.81. The number of nitrogens with two attached hydrogens (primary N) is 2. The van der Waals surface area contributed by atoms with Gasteiger partial charge in [-0.1, -0.05) is 88.4 Å². The Bertz CT molecular complexity index is 1300. The third kappa shape index (κ3) is 12.8. The molecule has 0 aliphatic rings. The van der Waals surface area contributed by atoms with Crippen LogP contribution in [0.15, 0.2) is 60.7 Å². The van der Waals surface area contributed by atoms with Crippen molar-refractivity contribution in [3.05, 3.63) is 71.8 Å². The fourth-order valence-corrected chi connectivity index (χ4v) is 4.26. The van der Waals surface area contributed by atoms with Gasteiger partial charge in [-0.2, -0.15) is 0 Å². The van der Waals surface area contributed by atoms with Crippen molar-refractivity contribution in [2.24, 2.45) is 23.3 Å². The van der Waals surface area contributed by atoms with Gasteiger partial charge in [-0.15, -0.1) is 0 Å². The van der Waals surface area contributed by atoms with Crippen molar-refractivity contribution in [2.45, 2.75) is 71.3 Å². The zero-order chi connectivity index (χ0) is 33.5. The number of esters is 1. The molecule has 8 N–H and O–H groups in total. The molecule has 0 bridgehead atoms. The number of ether oxygens (including phenoxy) is 1. The lowest BCUT2D eigenvalue weighted by molar-refractivity contribution is -0.147. The fraction of sp³-hybridized carbons (Fsp3) is 0.438. The number of hydrogen-bond acceptors (Lipinski definition) is 8. The van der Waals surface area contributed by atoms with Gasteiger partial charge in [-0.05, 0) is 29.4 Å². The highest BCUT2D eigenvalue weighted by atomic mass is 16.5. The molecule has 0 saturated carbocycles. The Labute approximate surface area is 263 Å². The number of benzene rings is 2. The SMILES string of the molecule is CC(C)[C@H](NC(=O)[C@H](CC(=O)OCc1ccccc1)NC(=O)[C@@H](N)Cc1ccccc1)C(=O)N[C@H](C(=O)NCC(N)=O)C(C)C. The Morgan fingerprint density at radius 2 is 1.20 bits per heavy atom. The van der Waals surface area contributed by atoms with Crippen LogP contribution in [0.2, 0.25) is 0 Å². The maximum absolute atomic E-state index is 13.5. The summed E-state index contributed by atoms with van der Waals surface area (Å²) < 4.78 is 5.33. The number of hydrogen-bond donors (Lipinski definition) is 6. The number of carbonyl (C=O) groups is 6. The van der Waals surface area contributed by atoms with E-state index in [1.54, 1.807) is 64.1 Å². The van der Waals surface area contributed by atoms with Crippen molar-refractivity contribution in [3.63, 3.8) is 0 Å². The normalized spacial score (nSPS) is 13.6. The molecule has 0 aliphatic carbocycles. The van der Waals surface area contributed by atoms with Crippen LogP contribution >= 0.6 is 0 Å². The molecular formula is C32H44N6O7. The van der Waals surface area contributed by atoms with Gasteiger partial charge in [0.05, 0.1) is 19.0 Å². The Kier molecular flexibility index (Phi) is 14.7. The quantitative estimate of drug-likeness (QED) is 0.132. The minimum absolute atomic E-state index is 0.0408. The molecule has 0 unspecified atom stereocenters. The first-order chi connectivity index (χ1) is 21.3. The standard InChI is InChI=1S/C32H44N6O7/c1-19(2)27(31(43)35-17-25(34)39)38-32(44)28(20(3)4)37-30(42)24(16-26(40)45-18-22-13-9-6-10-14-22)36-29(41)23(33)15-21-11-7-5-8-12-21/h5-14,19-20,23-24,27-28H,15-18,33H2,1-4H3,(H2,34,39)(H,35,43)(H,36,41)(H,37,42)(H,38,44)/t23-,24-,27-,28-/m0/s1. The lowest BCUT2D eigenvalue weighted by Crippen LogP contribution is -2.60. The average molecular weight is 625 g/mol. The van der Waals surface area contributed by atoms with Gasteiger partial charge in [0.15, 0.2) is 0 Å². The van der Waals surface area contributed by atoms with Crippen LogP contribution in [0, 0.1) is 11.8 Å². The van der Waals surface area contributed by atoms with Gasteiger partial charge in [-0.25, -0.2) is 0 Å². The van der Waals surface area contributed by atoms with Crippen molar-refractivity contribution in [1.82, 2.24) is 21.3 Å². The van der Waals surface area contributed by atoms with E-state index in [2.05, 4.69) is 21.3 Å². The average Bonchev–Trinajstić information content (AvgIpc) is 3.00. The van der Waals surface area contributed by atoms with Crippen LogP contribution in [0.4, 0.5) is 0 Å². The van der Waals surface area contributed by atoms with E-state index < -0.39 is 78.6 Å². The molecule has 0 saturated heterocycles. The van der Waals surface area contributed by atoms with E-state index in [0.29, 0.717) is 0 Å². The largest absolute Gasteiger partial charge is 0.461 e. The predicted molar refractivity (Wildman–Crippen MR) is 167 cm³/mol. The Hall–Kier alpha value is -4.78. The number of amides is 5. The van der Waals surface area contributed by atoms with Gasteiger partial charge in [0.25, 0.3) is 0 Å². The van der Waals surface area contributed by atoms with Crippen LogP contribution in [0.1, 0.15) is 45.2 Å². The summed E-state index contributed by atoms with van der Waals surface area (Å²) in [6, 6.07) is 13.4. The first-order valence-electron chi connectivity index (χ1n) is 14.7. The molecule has 0 radical (unpaired) electrons. The summed E-state index contributed by atoms with van der Waals surface area (Å²) >= 11 is 0. The third-order valence-electron chi connectivity index (χ3n) is 6.81. The second-order valence-corrected chi connectivity index (χ2v) is 11.4. The van der Waals surface area contributed by atoms with E-state index in [1.807, 2.05) is 24.3 Å². The van der Waals surface area contributed by atoms with Crippen LogP contribution < -0.4 is 32.7 Å². The zero-order valence-electron chi connectivity index (χ0n) is 26.1. The van der Waals surface area contributed by atoms with Gasteiger partial charge in [0.2, 0.25) is 29.5 Å². The van der Waals surface area contributed by atoms with E-state index in [0.717, 1.165) is 11.1 Å². The van der Waals surface area contributed by atoms with E-state index in [4.69, 9.17) is 16.2 Å². The molecular weight excluding hydrogens is 580 g/mol. The summed E-state index contributed by atoms with van der Waals surface area (Å²) in [5, 5.41) is 10.1. The predicted octanol–water partition coefficient (Wildman–Crippen LogP) is 0.0578. The fourth-order valence-electron chi connectivity index (χ4n) is 4.26. The second-order valence-electron chi connectivity index (χ2n) is 11.4. The van der Waals surface area contributed by atoms with Crippen molar-refractivity contribution in [3.8, 4) is 0 Å². The van der Waals surface area contributed by atoms with E-state index in [9.17, 15) is 28.8 Å². The number of primary amides is 1. The molecule has 0 aromatic heterocycles. The Balaban J connectivity index is 2.19. The monoisotopic (exact) mass is 624 g/mol. The van der Waals surface area contributed by atoms with E-state index in [1.165, 1.54) is 0 Å². The molecule has 2 aromatic rings. The van der Waals surface area contributed by atoms with Crippen LogP contribution in [0.3, 0.4) is 0 Å². The molecule has 0 heterocycles. The number of carbonyl (C=O) groups excluding carboxylic acids is 6. The van der Waals surface area contributed by atoms with Gasteiger partial charge in [-0.3, -0.25) is 28.8 Å². The summed E-state index contributed by atoms with van der Waals surface area (Å²) in [7, 11) is 0. The second kappa shape index (κ2) is 18.1. The number of nitrogens with one attached hydrogen (secondary N) is 4. The lowest BCUT2D eigenvalue weighted by atomic mass is 9.99. The maximum Gasteiger partial charge on any atom is 0.308 e. The maximum atomic E-state index is 13.5. The van der Waals surface area contributed by atoms with Crippen LogP contribution in [-0.4, -0.2) is 66.2 Å². The minimum atomic E-state index is -1.42. The van der Waals surface area contributed by atoms with Crippen LogP contribution in [0.5, 0.6) is 0 Å². The topological polar surface area (TPSA) is 212 Å². The smallest absolute Gasteiger partial charge is 0.308 e. The van der Waals surface area contributed by atoms with Crippen molar-refractivity contribution >= 4 is 35.5 Å². The molecule has 0 fully saturated rings. The molecule has 0 spiro atoms. The summed E-state index contributed by atoms with van der Waals surface area (Å²) in [4.78, 5) is 76.4. The van der Waals surface area contributed by atoms with E-state index >= 15 is 0 Å². The highest BCUT2D eigenvalue weighted by Crippen LogP contribution is 2.10. The van der Waals surface area contributed by atoms with Gasteiger partial charge >= 0.3 is 5.97 Å². The molecule has 5 amide bonds. The lowest BCUT2D eigenvalue weighted by Gasteiger charge is -2.28. The first-order valence-corrected chi connectivity index (χ1v) is 14.7. The summed E-state index contributed by atoms with van der Waals surface area (Å²) in [6.45, 7) is 6.31. The minimum Gasteiger partial charge on any atom is -0.461 e. The van der Waals surface area contributed by atoms with Crippen molar-refractivity contribution in [1.29, 1.82) is 0 Å². The van der Waals surface area contributed by atoms with Crippen LogP contribution in [0.25, 0.3) is 0 Å². The van der Waals surface area contributed by atoms with Crippen molar-refractivity contribution in [2.75, 3.05) is 6.54 Å². The van der Waals surface area contributed by atoms with Gasteiger partial charge in [0, 0.05) is 0 Å². The van der Waals surface area contributed by atoms with Gasteiger partial charge < -0.3 is 37.5 Å². The van der Waals surface area contributed by atoms with Gasteiger partial charge in [0.1, 0.15) is 24.7 Å². The highest BCUT2D eigenvalue weighted by Gasteiger charge is 2.34. The number of rotatable bonds is 17. The first kappa shape index (κ1) is 36.4. The molecule has 13 heteroatoms. The Morgan fingerprint density at radius 1 is 0.689 bits per heavy atom. The van der Waals surface area contributed by atoms with Crippen molar-refractivity contribution < 1.29 is 33.5 Å². The molecule has 2 rings (SSSR count). The molecule has 244 valence electrons. The molecule has 2 aromatic carbocycles. The zero-order valence-corrected chi connectivity index (χ0v) is 26.1. The molecule has 0 aliphatic heterocycles. The summed E-state index contributed by atoms with van der Waals surface area (Å²) in [6.07, 6.45) is -0.343. The molecule has 13 nitrogen and oxygen atoms in total.